The van der Waals surface area contributed by atoms with Crippen LogP contribution in [-0.2, 0) is 10.0 Å². The van der Waals surface area contributed by atoms with Crippen LogP contribution in [0.15, 0.2) is 37.7 Å². The highest BCUT2D eigenvalue weighted by molar-refractivity contribution is 7.88. The third-order valence-corrected chi connectivity index (χ3v) is 7.50. The Bertz CT molecular complexity index is 1100. The summed E-state index contributed by atoms with van der Waals surface area (Å²) in [5, 5.41) is 0. The lowest BCUT2D eigenvalue weighted by atomic mass is 9.95. The van der Waals surface area contributed by atoms with E-state index in [4.69, 9.17) is 4.98 Å². The minimum atomic E-state index is -3.22. The van der Waals surface area contributed by atoms with Crippen LogP contribution in [0.5, 0.6) is 0 Å². The second-order valence-corrected chi connectivity index (χ2v) is 10.1. The van der Waals surface area contributed by atoms with Gasteiger partial charge in [0.2, 0.25) is 10.0 Å². The molecule has 164 valence electrons. The lowest BCUT2D eigenvalue weighted by molar-refractivity contribution is 0.393. The van der Waals surface area contributed by atoms with E-state index in [2.05, 4.69) is 32.9 Å². The molecule has 0 saturated carbocycles. The minimum Gasteiger partial charge on any atom is -0.355 e. The molecular weight excluding hydrogens is 412 g/mol. The van der Waals surface area contributed by atoms with Crippen molar-refractivity contribution in [3.63, 3.8) is 0 Å². The Morgan fingerprint density at radius 2 is 1.84 bits per heavy atom. The van der Waals surface area contributed by atoms with Crippen molar-refractivity contribution in [2.45, 2.75) is 18.4 Å². The number of likely N-dealkylation sites (N-methyl/N-ethyl adjacent to an activating group) is 1. The Morgan fingerprint density at radius 1 is 1.10 bits per heavy atom. The zero-order chi connectivity index (χ0) is 22.2. The van der Waals surface area contributed by atoms with Crippen LogP contribution in [-0.4, -0.2) is 73.2 Å². The molecule has 0 aromatic carbocycles. The van der Waals surface area contributed by atoms with Gasteiger partial charge in [-0.2, -0.15) is 0 Å². The van der Waals surface area contributed by atoms with Crippen molar-refractivity contribution in [2.75, 3.05) is 49.3 Å². The fraction of sp³-hybridized carbons (Fsp3) is 0.409. The second-order valence-electron chi connectivity index (χ2n) is 8.09. The van der Waals surface area contributed by atoms with E-state index in [1.54, 1.807) is 31.6 Å². The van der Waals surface area contributed by atoms with E-state index in [0.717, 1.165) is 54.6 Å². The van der Waals surface area contributed by atoms with Gasteiger partial charge < -0.3 is 9.80 Å². The lowest BCUT2D eigenvalue weighted by Crippen LogP contribution is -2.46. The van der Waals surface area contributed by atoms with Gasteiger partial charge in [0.05, 0.1) is 17.6 Å². The average molecular weight is 441 g/mol. The summed E-state index contributed by atoms with van der Waals surface area (Å²) >= 11 is 0. The van der Waals surface area contributed by atoms with E-state index in [1.807, 2.05) is 12.1 Å². The van der Waals surface area contributed by atoms with E-state index in [1.165, 1.54) is 10.6 Å². The monoisotopic (exact) mass is 440 g/mol. The van der Waals surface area contributed by atoms with Gasteiger partial charge in [0.15, 0.2) is 5.82 Å². The highest BCUT2D eigenvalue weighted by Crippen LogP contribution is 2.35. The Hall–Kier alpha value is -2.78. The maximum atomic E-state index is 11.9. The first kappa shape index (κ1) is 21.5. The predicted molar refractivity (Wildman–Crippen MR) is 125 cm³/mol. The van der Waals surface area contributed by atoms with Gasteiger partial charge in [-0.3, -0.25) is 4.98 Å². The summed E-state index contributed by atoms with van der Waals surface area (Å²) in [5.74, 6) is 2.03. The maximum absolute atomic E-state index is 11.9. The molecule has 1 atom stereocenters. The summed E-state index contributed by atoms with van der Waals surface area (Å²) in [6, 6.07) is 3.97. The molecule has 2 aliphatic heterocycles. The molecule has 0 bridgehead atoms. The first-order valence-corrected chi connectivity index (χ1v) is 12.2. The van der Waals surface area contributed by atoms with E-state index < -0.39 is 10.0 Å². The molecule has 0 N–H and O–H groups in total. The molecule has 9 heteroatoms. The first-order chi connectivity index (χ1) is 14.8. The van der Waals surface area contributed by atoms with Gasteiger partial charge in [0, 0.05) is 57.6 Å². The third kappa shape index (κ3) is 4.20. The number of pyridine rings is 1. The van der Waals surface area contributed by atoms with Crippen LogP contribution in [0.1, 0.15) is 29.3 Å². The standard InChI is InChI=1S/C22H28N6O2S/c1-5-16-7-8-20(25-19(16)6-2)28-13-17(14-28)21-22(24-11-10-23-21)27-12-9-18(15-27)26(3)31(4,29)30/h5-8,10-11,17-18H,1-2,9,12-15H2,3-4H3. The minimum absolute atomic E-state index is 0.0485. The van der Waals surface area contributed by atoms with Gasteiger partial charge in [-0.1, -0.05) is 19.2 Å². The van der Waals surface area contributed by atoms with E-state index in [9.17, 15) is 8.42 Å². The van der Waals surface area contributed by atoms with Crippen molar-refractivity contribution in [2.24, 2.45) is 0 Å². The highest BCUT2D eigenvalue weighted by atomic mass is 32.2. The fourth-order valence-electron chi connectivity index (χ4n) is 4.20. The molecule has 0 radical (unpaired) electrons. The number of sulfonamides is 1. The highest BCUT2D eigenvalue weighted by Gasteiger charge is 2.36. The normalized spacial score (nSPS) is 19.5. The summed E-state index contributed by atoms with van der Waals surface area (Å²) < 4.78 is 25.3. The molecule has 1 unspecified atom stereocenters. The number of hydrogen-bond donors (Lipinski definition) is 0. The Balaban J connectivity index is 1.47. The quantitative estimate of drug-likeness (QED) is 0.653. The lowest BCUT2D eigenvalue weighted by Gasteiger charge is -2.41. The molecule has 2 saturated heterocycles. The SMILES string of the molecule is C=Cc1ccc(N2CC(c3nccnc3N3CCC(N(C)S(C)(=O)=O)C3)C2)nc1C=C. The summed E-state index contributed by atoms with van der Waals surface area (Å²) in [7, 11) is -1.57. The van der Waals surface area contributed by atoms with E-state index >= 15 is 0 Å². The molecular formula is C22H28N6O2S. The average Bonchev–Trinajstić information content (AvgIpc) is 3.21. The smallest absolute Gasteiger partial charge is 0.211 e. The van der Waals surface area contributed by atoms with Crippen LogP contribution in [0.2, 0.25) is 0 Å². The molecule has 8 nitrogen and oxygen atoms in total. The van der Waals surface area contributed by atoms with E-state index in [0.29, 0.717) is 6.54 Å². The van der Waals surface area contributed by atoms with Crippen molar-refractivity contribution in [1.82, 2.24) is 19.3 Å². The van der Waals surface area contributed by atoms with Crippen molar-refractivity contribution in [3.05, 3.63) is 54.6 Å². The molecule has 0 amide bonds. The van der Waals surface area contributed by atoms with Crippen LogP contribution in [0, 0.1) is 0 Å². The summed E-state index contributed by atoms with van der Waals surface area (Å²) in [4.78, 5) is 18.3. The zero-order valence-electron chi connectivity index (χ0n) is 18.0. The van der Waals surface area contributed by atoms with Gasteiger partial charge in [0.1, 0.15) is 5.82 Å². The van der Waals surface area contributed by atoms with Crippen LogP contribution in [0.25, 0.3) is 12.2 Å². The van der Waals surface area contributed by atoms with Crippen molar-refractivity contribution < 1.29 is 8.42 Å². The fourth-order valence-corrected chi connectivity index (χ4v) is 4.91. The summed E-state index contributed by atoms with van der Waals surface area (Å²) in [5.41, 5.74) is 2.76. The second kappa shape index (κ2) is 8.39. The van der Waals surface area contributed by atoms with Crippen molar-refractivity contribution in [3.8, 4) is 0 Å². The number of rotatable bonds is 7. The van der Waals surface area contributed by atoms with Crippen LogP contribution in [0.4, 0.5) is 11.6 Å². The molecule has 4 heterocycles. The van der Waals surface area contributed by atoms with Gasteiger partial charge in [-0.05, 0) is 30.2 Å². The van der Waals surface area contributed by atoms with Crippen molar-refractivity contribution >= 4 is 33.8 Å². The Labute approximate surface area is 184 Å². The number of anilines is 2. The Kier molecular flexibility index (Phi) is 5.81. The molecule has 4 rings (SSSR count). The van der Waals surface area contributed by atoms with Crippen LogP contribution in [0.3, 0.4) is 0 Å². The number of hydrogen-bond acceptors (Lipinski definition) is 7. The van der Waals surface area contributed by atoms with Gasteiger partial charge in [-0.15, -0.1) is 0 Å². The van der Waals surface area contributed by atoms with Crippen LogP contribution < -0.4 is 9.80 Å². The molecule has 31 heavy (non-hydrogen) atoms. The van der Waals surface area contributed by atoms with Gasteiger partial charge in [-0.25, -0.2) is 22.7 Å². The summed E-state index contributed by atoms with van der Waals surface area (Å²) in [6.07, 6.45) is 8.98. The topological polar surface area (TPSA) is 82.5 Å². The van der Waals surface area contributed by atoms with Gasteiger partial charge in [0.25, 0.3) is 0 Å². The molecule has 2 aliphatic rings. The van der Waals surface area contributed by atoms with Gasteiger partial charge >= 0.3 is 0 Å². The third-order valence-electron chi connectivity index (χ3n) is 6.15. The largest absolute Gasteiger partial charge is 0.355 e. The Morgan fingerprint density at radius 3 is 2.52 bits per heavy atom. The first-order valence-electron chi connectivity index (χ1n) is 10.3. The summed E-state index contributed by atoms with van der Waals surface area (Å²) in [6.45, 7) is 10.7. The molecule has 2 aromatic heterocycles. The van der Waals surface area contributed by atoms with Crippen LogP contribution >= 0.6 is 0 Å². The molecule has 2 fully saturated rings. The number of nitrogens with zero attached hydrogens (tertiary/aromatic N) is 6. The van der Waals surface area contributed by atoms with E-state index in [-0.39, 0.29) is 12.0 Å². The maximum Gasteiger partial charge on any atom is 0.211 e. The molecule has 0 aliphatic carbocycles. The molecule has 0 spiro atoms. The number of aromatic nitrogens is 3. The predicted octanol–water partition coefficient (Wildman–Crippen LogP) is 2.23. The zero-order valence-corrected chi connectivity index (χ0v) is 18.8. The van der Waals surface area contributed by atoms with Crippen molar-refractivity contribution in [1.29, 1.82) is 0 Å². The molecule has 2 aromatic rings.